The summed E-state index contributed by atoms with van der Waals surface area (Å²) >= 11 is 0. The maximum atomic E-state index is 12.3. The summed E-state index contributed by atoms with van der Waals surface area (Å²) in [5, 5.41) is 10.2. The molecule has 2 aliphatic rings. The van der Waals surface area contributed by atoms with E-state index in [-0.39, 0.29) is 22.5 Å². The third-order valence-corrected chi connectivity index (χ3v) is 4.99. The molecule has 0 aromatic carbocycles. The van der Waals surface area contributed by atoms with E-state index < -0.39 is 6.10 Å². The number of rotatable bonds is 0. The number of allylic oxidation sites excluding steroid dienone is 3. The van der Waals surface area contributed by atoms with Crippen molar-refractivity contribution in [2.24, 2.45) is 16.7 Å². The van der Waals surface area contributed by atoms with Crippen molar-refractivity contribution in [3.63, 3.8) is 0 Å². The van der Waals surface area contributed by atoms with Crippen LogP contribution in [0.4, 0.5) is 0 Å². The smallest absolute Gasteiger partial charge is 0.160 e. The molecule has 0 aromatic rings. The first-order valence-corrected chi connectivity index (χ1v) is 6.31. The molecule has 17 heavy (non-hydrogen) atoms. The minimum absolute atomic E-state index is 0.144. The van der Waals surface area contributed by atoms with E-state index in [1.807, 2.05) is 20.8 Å². The predicted molar refractivity (Wildman–Crippen MR) is 68.5 cm³/mol. The molecule has 2 aliphatic carbocycles. The highest BCUT2D eigenvalue weighted by atomic mass is 16.3. The van der Waals surface area contributed by atoms with Gasteiger partial charge >= 0.3 is 0 Å². The molecule has 1 fully saturated rings. The Morgan fingerprint density at radius 3 is 2.59 bits per heavy atom. The van der Waals surface area contributed by atoms with E-state index in [1.54, 1.807) is 6.08 Å². The lowest BCUT2D eigenvalue weighted by molar-refractivity contribution is -0.140. The van der Waals surface area contributed by atoms with Crippen LogP contribution in [0.15, 0.2) is 23.8 Å². The largest absolute Gasteiger partial charge is 0.393 e. The lowest BCUT2D eigenvalue weighted by Crippen LogP contribution is -2.54. The number of hydrogen-bond acceptors (Lipinski definition) is 2. The highest BCUT2D eigenvalue weighted by Crippen LogP contribution is 2.57. The average molecular weight is 234 g/mol. The first-order valence-electron chi connectivity index (χ1n) is 6.31. The lowest BCUT2D eigenvalue weighted by Gasteiger charge is -2.54. The molecule has 0 aliphatic heterocycles. The summed E-state index contributed by atoms with van der Waals surface area (Å²) in [4.78, 5) is 12.3. The fraction of sp³-hybridized carbons (Fsp3) is 0.667. The molecular weight excluding hydrogens is 212 g/mol. The summed E-state index contributed by atoms with van der Waals surface area (Å²) in [6.07, 6.45) is 2.90. The fourth-order valence-corrected chi connectivity index (χ4v) is 3.81. The van der Waals surface area contributed by atoms with Gasteiger partial charge in [0.05, 0.1) is 6.10 Å². The Morgan fingerprint density at radius 1 is 1.41 bits per heavy atom. The maximum absolute atomic E-state index is 12.3. The summed E-state index contributed by atoms with van der Waals surface area (Å²) in [7, 11) is 0. The van der Waals surface area contributed by atoms with Crippen molar-refractivity contribution in [2.75, 3.05) is 0 Å². The van der Waals surface area contributed by atoms with Crippen LogP contribution in [0.5, 0.6) is 0 Å². The van der Waals surface area contributed by atoms with E-state index in [9.17, 15) is 9.90 Å². The molecule has 2 nitrogen and oxygen atoms in total. The lowest BCUT2D eigenvalue weighted by atomic mass is 9.49. The normalized spacial score (nSPS) is 40.9. The summed E-state index contributed by atoms with van der Waals surface area (Å²) in [6, 6.07) is 0. The topological polar surface area (TPSA) is 37.3 Å². The van der Waals surface area contributed by atoms with E-state index in [0.717, 1.165) is 24.0 Å². The Morgan fingerprint density at radius 2 is 2.00 bits per heavy atom. The molecule has 2 heteroatoms. The quantitative estimate of drug-likeness (QED) is 0.699. The molecule has 1 N–H and O–H groups in total. The fourth-order valence-electron chi connectivity index (χ4n) is 3.81. The van der Waals surface area contributed by atoms with Crippen LogP contribution in [-0.2, 0) is 4.79 Å². The van der Waals surface area contributed by atoms with Crippen LogP contribution in [0.2, 0.25) is 0 Å². The number of carbonyl (C=O) groups is 1. The first-order chi connectivity index (χ1) is 7.71. The van der Waals surface area contributed by atoms with Gasteiger partial charge in [0, 0.05) is 16.7 Å². The van der Waals surface area contributed by atoms with Gasteiger partial charge in [-0.05, 0) is 37.0 Å². The predicted octanol–water partition coefficient (Wildman–Crippen LogP) is 2.88. The highest BCUT2D eigenvalue weighted by Gasteiger charge is 2.56. The molecule has 0 aromatic heterocycles. The van der Waals surface area contributed by atoms with Gasteiger partial charge in [-0.1, -0.05) is 27.4 Å². The highest BCUT2D eigenvalue weighted by molar-refractivity contribution is 5.96. The molecule has 0 spiro atoms. The monoisotopic (exact) mass is 234 g/mol. The van der Waals surface area contributed by atoms with Crippen LogP contribution in [0.3, 0.4) is 0 Å². The van der Waals surface area contributed by atoms with E-state index in [2.05, 4.69) is 13.5 Å². The van der Waals surface area contributed by atoms with Crippen LogP contribution in [0, 0.1) is 16.7 Å². The molecule has 0 bridgehead atoms. The SMILES string of the molecule is C=C1C(C)=CC(=O)C2C1(C)CCC(O)C2(C)C. The van der Waals surface area contributed by atoms with Crippen molar-refractivity contribution in [3.8, 4) is 0 Å². The van der Waals surface area contributed by atoms with Gasteiger partial charge in [-0.2, -0.15) is 0 Å². The van der Waals surface area contributed by atoms with Crippen LogP contribution >= 0.6 is 0 Å². The van der Waals surface area contributed by atoms with Crippen molar-refractivity contribution >= 4 is 5.78 Å². The van der Waals surface area contributed by atoms with Gasteiger partial charge in [0.1, 0.15) is 0 Å². The molecule has 0 saturated heterocycles. The van der Waals surface area contributed by atoms with Gasteiger partial charge in [0.25, 0.3) is 0 Å². The zero-order valence-electron chi connectivity index (χ0n) is 11.2. The second kappa shape index (κ2) is 3.55. The van der Waals surface area contributed by atoms with E-state index in [1.165, 1.54) is 0 Å². The molecule has 0 amide bonds. The van der Waals surface area contributed by atoms with Crippen LogP contribution in [0.25, 0.3) is 0 Å². The first kappa shape index (κ1) is 12.6. The minimum atomic E-state index is -0.399. The standard InChI is InChI=1S/C15H22O2/c1-9-8-11(16)13-14(3,4)12(17)6-7-15(13,5)10(9)2/h8,12-13,17H,2,6-7H2,1,3-5H3. The van der Waals surface area contributed by atoms with E-state index in [0.29, 0.717) is 0 Å². The summed E-state index contributed by atoms with van der Waals surface area (Å²) in [6.45, 7) is 12.3. The molecule has 0 heterocycles. The second-order valence-electron chi connectivity index (χ2n) is 6.43. The number of aliphatic hydroxyl groups is 1. The van der Waals surface area contributed by atoms with Gasteiger partial charge in [-0.25, -0.2) is 0 Å². The van der Waals surface area contributed by atoms with Crippen LogP contribution in [-0.4, -0.2) is 17.0 Å². The van der Waals surface area contributed by atoms with E-state index >= 15 is 0 Å². The van der Waals surface area contributed by atoms with Crippen molar-refractivity contribution in [2.45, 2.75) is 46.6 Å². The molecular formula is C15H22O2. The van der Waals surface area contributed by atoms with Gasteiger partial charge in [0.15, 0.2) is 5.78 Å². The molecule has 1 saturated carbocycles. The summed E-state index contributed by atoms with van der Waals surface area (Å²) in [5.74, 6) is 0.0103. The van der Waals surface area contributed by atoms with Crippen LogP contribution in [0.1, 0.15) is 40.5 Å². The Labute approximate surface area is 103 Å². The van der Waals surface area contributed by atoms with Crippen molar-refractivity contribution < 1.29 is 9.90 Å². The summed E-state index contributed by atoms with van der Waals surface area (Å²) in [5.41, 5.74) is 1.52. The average Bonchev–Trinajstić information content (AvgIpc) is 2.21. The number of ketones is 1. The summed E-state index contributed by atoms with van der Waals surface area (Å²) < 4.78 is 0. The van der Waals surface area contributed by atoms with E-state index in [4.69, 9.17) is 0 Å². The van der Waals surface area contributed by atoms with Gasteiger partial charge in [-0.15, -0.1) is 0 Å². The third kappa shape index (κ3) is 1.54. The van der Waals surface area contributed by atoms with Crippen LogP contribution < -0.4 is 0 Å². The van der Waals surface area contributed by atoms with Crippen molar-refractivity contribution in [1.29, 1.82) is 0 Å². The number of carbonyl (C=O) groups excluding carboxylic acids is 1. The van der Waals surface area contributed by atoms with Gasteiger partial charge in [-0.3, -0.25) is 4.79 Å². The number of fused-ring (bicyclic) bond motifs is 1. The maximum Gasteiger partial charge on any atom is 0.160 e. The minimum Gasteiger partial charge on any atom is -0.393 e. The van der Waals surface area contributed by atoms with Gasteiger partial charge < -0.3 is 5.11 Å². The molecule has 0 radical (unpaired) electrons. The number of aliphatic hydroxyl groups excluding tert-OH is 1. The molecule has 3 unspecified atom stereocenters. The zero-order chi connectivity index (χ0) is 13.0. The van der Waals surface area contributed by atoms with Gasteiger partial charge in [0.2, 0.25) is 0 Å². The Balaban J connectivity index is 2.57. The second-order valence-corrected chi connectivity index (χ2v) is 6.43. The zero-order valence-corrected chi connectivity index (χ0v) is 11.2. The number of hydrogen-bond donors (Lipinski definition) is 1. The van der Waals surface area contributed by atoms with Crippen molar-refractivity contribution in [3.05, 3.63) is 23.8 Å². The molecule has 94 valence electrons. The van der Waals surface area contributed by atoms with Crippen molar-refractivity contribution in [1.82, 2.24) is 0 Å². The molecule has 3 atom stereocenters. The molecule has 2 rings (SSSR count). The Kier molecular flexibility index (Phi) is 2.62. The third-order valence-electron chi connectivity index (χ3n) is 4.99. The Hall–Kier alpha value is -0.890. The Bertz CT molecular complexity index is 417.